The molecule has 2 heteroatoms. The molecule has 0 bridgehead atoms. The smallest absolute Gasteiger partial charge is 0.0780 e. The summed E-state index contributed by atoms with van der Waals surface area (Å²) < 4.78 is 0. The minimum absolute atomic E-state index is 0.548. The molecule has 0 saturated carbocycles. The molecule has 18 aromatic rings. The van der Waals surface area contributed by atoms with E-state index in [0.29, 0.717) is 35.5 Å². The van der Waals surface area contributed by atoms with Crippen molar-refractivity contribution in [2.24, 2.45) is 17.8 Å². The van der Waals surface area contributed by atoms with Gasteiger partial charge in [-0.25, -0.2) is 0 Å². The maximum absolute atomic E-state index is 4.65. The van der Waals surface area contributed by atoms with Crippen LogP contribution in [0.15, 0.2) is 352 Å². The Hall–Kier alpha value is -12.6. The molecular formula is C121H124N2. The quantitative estimate of drug-likeness (QED) is 0.102. The molecule has 0 unspecified atom stereocenters. The standard InChI is InChI=1S/C21H23N.C21H22.C20H21N.2C20H20.C19H18/c1-14(2)9-17-5-6-20-18(13-17)7-8-22-21(20)19-11-15(3)10-16(4)12-19;1-15(2)12-17-10-11-21-19(14-17)8-5-9-20(21)18-7-4-6-16(3)13-18;1-13(2)16-5-6-19-17(12-16)7-8-21-20(19)18-10-14(3)9-15(4)11-18;1-14(2)16-10-11-20-18(13-16)8-5-9-19(20)17-7-4-6-15(3)12-17;1-15(2)13-16-11-12-20-18(14-16)9-6-10-19(20)17-7-4-3-5-8-17;1-14(2)16-11-12-19-17(13-16)9-6-10-18(19)15-7-4-3-5-8-15/h5-8,10-14H,9H2,1-4H3;4-11,13-15H,12H2,1-3H3;5-13H,1-4H3;4-14H,1-3H3;3-12,14-15H,13H2,1-2H3;3-14H,1-2H3. The Morgan fingerprint density at radius 1 is 0.195 bits per heavy atom. The SMILES string of the molecule is CC(C)Cc1ccc2c(-c3ccccc3)cccc2c1.CC(C)c1ccc2c(-c3ccccc3)cccc2c1.Cc1cc(C)cc(-c2nccc3cc(C(C)C)ccc23)c1.Cc1cc(C)cc(-c2nccc3cc(CC(C)C)ccc23)c1.Cc1cccc(-c2cccc3cc(C(C)C)ccc23)c1.Cc1cccc(-c2cccc3cc(CC(C)C)ccc23)c1. The normalized spacial score (nSPS) is 11.2. The van der Waals surface area contributed by atoms with Crippen LogP contribution < -0.4 is 0 Å². The second-order valence-electron chi connectivity index (χ2n) is 36.1. The Morgan fingerprint density at radius 3 is 0.772 bits per heavy atom. The topological polar surface area (TPSA) is 25.8 Å². The number of nitrogens with zero attached hydrogens (tertiary/aromatic N) is 2. The second-order valence-corrected chi connectivity index (χ2v) is 36.1. The van der Waals surface area contributed by atoms with Crippen LogP contribution in [0.2, 0.25) is 0 Å². The first-order chi connectivity index (χ1) is 59.3. The highest BCUT2D eigenvalue weighted by Crippen LogP contribution is 2.38. The first-order valence-electron chi connectivity index (χ1n) is 44.6. The number of pyridine rings is 2. The lowest BCUT2D eigenvalue weighted by atomic mass is 9.94. The summed E-state index contributed by atoms with van der Waals surface area (Å²) in [6.45, 7) is 39.9. The van der Waals surface area contributed by atoms with Gasteiger partial charge in [0, 0.05) is 34.3 Å². The van der Waals surface area contributed by atoms with Crippen LogP contribution in [0, 0.1) is 59.3 Å². The van der Waals surface area contributed by atoms with Gasteiger partial charge in [0.15, 0.2) is 0 Å². The van der Waals surface area contributed by atoms with Gasteiger partial charge in [-0.15, -0.1) is 0 Å². The average molecular weight is 1610 g/mol. The van der Waals surface area contributed by atoms with Crippen LogP contribution in [-0.4, -0.2) is 9.97 Å². The molecule has 0 aliphatic carbocycles. The zero-order chi connectivity index (χ0) is 86.8. The van der Waals surface area contributed by atoms with Gasteiger partial charge in [-0.2, -0.15) is 0 Å². The lowest BCUT2D eigenvalue weighted by Gasteiger charge is -2.11. The van der Waals surface area contributed by atoms with Crippen molar-refractivity contribution in [3.8, 4) is 67.0 Å². The highest BCUT2D eigenvalue weighted by atomic mass is 14.7. The van der Waals surface area contributed by atoms with Crippen LogP contribution in [0.4, 0.5) is 0 Å². The highest BCUT2D eigenvalue weighted by Gasteiger charge is 2.15. The van der Waals surface area contributed by atoms with Gasteiger partial charge in [-0.3, -0.25) is 9.97 Å². The Balaban J connectivity index is 0.000000127. The molecule has 618 valence electrons. The van der Waals surface area contributed by atoms with E-state index in [2.05, 4.69) is 474 Å². The molecule has 0 N–H and O–H groups in total. The van der Waals surface area contributed by atoms with Gasteiger partial charge in [0.25, 0.3) is 0 Å². The maximum Gasteiger partial charge on any atom is 0.0780 e. The number of aromatic nitrogens is 2. The third kappa shape index (κ3) is 23.2. The van der Waals surface area contributed by atoms with E-state index in [0.717, 1.165) is 30.7 Å². The van der Waals surface area contributed by atoms with Gasteiger partial charge in [-0.05, 0) is 264 Å². The predicted octanol–water partition coefficient (Wildman–Crippen LogP) is 34.6. The zero-order valence-electron chi connectivity index (χ0n) is 76.0. The number of hydrogen-bond acceptors (Lipinski definition) is 2. The molecule has 2 aromatic heterocycles. The molecule has 0 atom stereocenters. The van der Waals surface area contributed by atoms with E-state index in [1.807, 2.05) is 12.4 Å². The zero-order valence-corrected chi connectivity index (χ0v) is 76.0. The van der Waals surface area contributed by atoms with E-state index in [9.17, 15) is 0 Å². The molecule has 0 spiro atoms. The lowest BCUT2D eigenvalue weighted by molar-refractivity contribution is 0.647. The van der Waals surface area contributed by atoms with Gasteiger partial charge in [0.2, 0.25) is 0 Å². The molecule has 2 nitrogen and oxygen atoms in total. The van der Waals surface area contributed by atoms with E-state index in [4.69, 9.17) is 0 Å². The number of rotatable bonds is 15. The molecule has 0 aliphatic heterocycles. The third-order valence-electron chi connectivity index (χ3n) is 23.1. The monoisotopic (exact) mass is 1600 g/mol. The Morgan fingerprint density at radius 2 is 0.455 bits per heavy atom. The molecule has 0 aliphatic rings. The van der Waals surface area contributed by atoms with E-state index in [-0.39, 0.29) is 0 Å². The first-order valence-corrected chi connectivity index (χ1v) is 44.6. The summed E-state index contributed by atoms with van der Waals surface area (Å²) in [5.74, 6) is 3.77. The molecule has 0 fully saturated rings. The molecule has 0 saturated heterocycles. The van der Waals surface area contributed by atoms with Crippen LogP contribution in [-0.2, 0) is 19.3 Å². The Kier molecular flexibility index (Phi) is 29.6. The van der Waals surface area contributed by atoms with Crippen LogP contribution in [0.25, 0.3) is 132 Å². The summed E-state index contributed by atoms with van der Waals surface area (Å²) in [7, 11) is 0. The summed E-state index contributed by atoms with van der Waals surface area (Å²) in [5.41, 5.74) is 31.2. The van der Waals surface area contributed by atoms with Crippen molar-refractivity contribution in [1.29, 1.82) is 0 Å². The molecule has 0 amide bonds. The predicted molar refractivity (Wildman–Crippen MR) is 538 cm³/mol. The van der Waals surface area contributed by atoms with Gasteiger partial charge >= 0.3 is 0 Å². The summed E-state index contributed by atoms with van der Waals surface area (Å²) in [5, 5.41) is 15.7. The Bertz CT molecular complexity index is 6570. The van der Waals surface area contributed by atoms with Crippen LogP contribution >= 0.6 is 0 Å². The number of aryl methyl sites for hydroxylation is 6. The van der Waals surface area contributed by atoms with Crippen molar-refractivity contribution in [2.45, 2.75) is 162 Å². The fourth-order valence-electron chi connectivity index (χ4n) is 17.1. The fourth-order valence-corrected chi connectivity index (χ4v) is 17.1. The van der Waals surface area contributed by atoms with Crippen molar-refractivity contribution in [3.63, 3.8) is 0 Å². The van der Waals surface area contributed by atoms with Crippen molar-refractivity contribution >= 4 is 64.6 Å². The minimum Gasteiger partial charge on any atom is -0.256 e. The van der Waals surface area contributed by atoms with E-state index in [1.165, 1.54) is 187 Å². The number of hydrogen-bond donors (Lipinski definition) is 0. The van der Waals surface area contributed by atoms with Gasteiger partial charge in [0.1, 0.15) is 0 Å². The van der Waals surface area contributed by atoms with Crippen molar-refractivity contribution in [3.05, 3.63) is 419 Å². The van der Waals surface area contributed by atoms with Crippen LogP contribution in [0.3, 0.4) is 0 Å². The van der Waals surface area contributed by atoms with Gasteiger partial charge < -0.3 is 0 Å². The molecule has 18 rings (SSSR count). The van der Waals surface area contributed by atoms with Gasteiger partial charge in [0.05, 0.1) is 11.4 Å². The van der Waals surface area contributed by atoms with E-state index < -0.39 is 0 Å². The van der Waals surface area contributed by atoms with Crippen molar-refractivity contribution < 1.29 is 0 Å². The fraction of sp³-hybridized carbons (Fsp3) is 0.223. The molecule has 16 aromatic carbocycles. The number of fused-ring (bicyclic) bond motifs is 6. The average Bonchev–Trinajstić information content (AvgIpc) is 0.828. The van der Waals surface area contributed by atoms with Gasteiger partial charge in [-0.1, -0.05) is 420 Å². The maximum atomic E-state index is 4.65. The molecule has 2 heterocycles. The molecular weight excluding hydrogens is 1480 g/mol. The van der Waals surface area contributed by atoms with Crippen LogP contribution in [0.1, 0.15) is 168 Å². The molecule has 0 radical (unpaired) electrons. The summed E-state index contributed by atoms with van der Waals surface area (Å²) in [6.07, 6.45) is 7.25. The Labute approximate surface area is 734 Å². The molecule has 123 heavy (non-hydrogen) atoms. The second kappa shape index (κ2) is 41.3. The summed E-state index contributed by atoms with van der Waals surface area (Å²) >= 11 is 0. The summed E-state index contributed by atoms with van der Waals surface area (Å²) in [6, 6.07) is 123. The minimum atomic E-state index is 0.548. The van der Waals surface area contributed by atoms with E-state index in [1.54, 1.807) is 0 Å². The van der Waals surface area contributed by atoms with Crippen molar-refractivity contribution in [2.75, 3.05) is 0 Å². The summed E-state index contributed by atoms with van der Waals surface area (Å²) in [4.78, 5) is 9.28. The highest BCUT2D eigenvalue weighted by molar-refractivity contribution is 6.01. The van der Waals surface area contributed by atoms with Crippen molar-refractivity contribution in [1.82, 2.24) is 9.97 Å². The van der Waals surface area contributed by atoms with Crippen LogP contribution in [0.5, 0.6) is 0 Å². The first kappa shape index (κ1) is 88.2. The third-order valence-corrected chi connectivity index (χ3v) is 23.1. The van der Waals surface area contributed by atoms with E-state index >= 15 is 0 Å². The number of benzene rings is 16. The lowest BCUT2D eigenvalue weighted by Crippen LogP contribution is -1.94. The largest absolute Gasteiger partial charge is 0.256 e.